The number of rotatable bonds is 2. The van der Waals surface area contributed by atoms with E-state index in [-0.39, 0.29) is 5.75 Å². The number of halogens is 1. The third-order valence-electron chi connectivity index (χ3n) is 2.84. The summed E-state index contributed by atoms with van der Waals surface area (Å²) in [6.07, 6.45) is 0. The number of hydrogen-bond donors (Lipinski definition) is 2. The highest BCUT2D eigenvalue weighted by atomic mass is 79.9. The Labute approximate surface area is 130 Å². The first-order valence-electron chi connectivity index (χ1n) is 6.11. The number of likely N-dealkylation sites (N-methyl/N-ethyl adjacent to an activating group) is 1. The lowest BCUT2D eigenvalue weighted by atomic mass is 10.2. The third-order valence-corrected chi connectivity index (χ3v) is 3.37. The molecule has 2 amide bonds. The van der Waals surface area contributed by atoms with E-state index in [4.69, 9.17) is 0 Å². The maximum atomic E-state index is 12.0. The van der Waals surface area contributed by atoms with Crippen LogP contribution in [0.25, 0.3) is 0 Å². The van der Waals surface area contributed by atoms with Gasteiger partial charge in [-0.05, 0) is 48.5 Å². The molecule has 0 bridgehead atoms. The van der Waals surface area contributed by atoms with Crippen molar-refractivity contribution < 1.29 is 14.7 Å². The summed E-state index contributed by atoms with van der Waals surface area (Å²) in [7, 11) is 1.50. The first-order valence-corrected chi connectivity index (χ1v) is 6.90. The molecule has 2 rings (SSSR count). The molecule has 0 saturated carbocycles. The molecule has 0 saturated heterocycles. The second-order valence-electron chi connectivity index (χ2n) is 4.34. The Kier molecular flexibility index (Phi) is 4.59. The van der Waals surface area contributed by atoms with Crippen molar-refractivity contribution in [3.8, 4) is 5.75 Å². The first kappa shape index (κ1) is 15.1. The van der Waals surface area contributed by atoms with Crippen molar-refractivity contribution in [3.63, 3.8) is 0 Å². The Morgan fingerprint density at radius 1 is 1.05 bits per heavy atom. The summed E-state index contributed by atoms with van der Waals surface area (Å²) in [5.74, 6) is -1.32. The normalized spacial score (nSPS) is 10.0. The molecule has 0 fully saturated rings. The summed E-state index contributed by atoms with van der Waals surface area (Å²) < 4.78 is 0.882. The van der Waals surface area contributed by atoms with Crippen LogP contribution in [0.5, 0.6) is 5.75 Å². The average molecular weight is 349 g/mol. The van der Waals surface area contributed by atoms with Gasteiger partial charge < -0.3 is 15.3 Å². The summed E-state index contributed by atoms with van der Waals surface area (Å²) in [4.78, 5) is 25.2. The molecule has 108 valence electrons. The second-order valence-corrected chi connectivity index (χ2v) is 5.26. The van der Waals surface area contributed by atoms with Gasteiger partial charge >= 0.3 is 11.8 Å². The van der Waals surface area contributed by atoms with Gasteiger partial charge in [-0.2, -0.15) is 0 Å². The molecule has 0 aliphatic rings. The molecule has 0 aliphatic carbocycles. The number of hydrogen-bond acceptors (Lipinski definition) is 3. The SMILES string of the molecule is CN(C(=O)C(=O)Nc1ccc(Br)cc1)c1ccc(O)cc1. The van der Waals surface area contributed by atoms with Crippen LogP contribution in [0.15, 0.2) is 53.0 Å². The fourth-order valence-electron chi connectivity index (χ4n) is 1.66. The minimum Gasteiger partial charge on any atom is -0.508 e. The van der Waals surface area contributed by atoms with Crippen molar-refractivity contribution in [1.82, 2.24) is 0 Å². The Hall–Kier alpha value is -2.34. The van der Waals surface area contributed by atoms with Crippen LogP contribution >= 0.6 is 15.9 Å². The number of phenolic OH excluding ortho intramolecular Hbond substituents is 1. The number of phenols is 1. The minimum absolute atomic E-state index is 0.0962. The van der Waals surface area contributed by atoms with Crippen LogP contribution in [-0.2, 0) is 9.59 Å². The van der Waals surface area contributed by atoms with Gasteiger partial charge in [0.15, 0.2) is 0 Å². The van der Waals surface area contributed by atoms with Gasteiger partial charge in [-0.1, -0.05) is 15.9 Å². The Bertz CT molecular complexity index is 654. The number of nitrogens with one attached hydrogen (secondary N) is 1. The molecular weight excluding hydrogens is 336 g/mol. The number of benzene rings is 2. The standard InChI is InChI=1S/C15H13BrN2O3/c1-18(12-6-8-13(19)9-7-12)15(21)14(20)17-11-4-2-10(16)3-5-11/h2-9,19H,1H3,(H,17,20). The number of carbonyl (C=O) groups is 2. The molecule has 21 heavy (non-hydrogen) atoms. The van der Waals surface area contributed by atoms with Crippen LogP contribution in [0.2, 0.25) is 0 Å². The number of amides is 2. The maximum Gasteiger partial charge on any atom is 0.316 e. The second kappa shape index (κ2) is 6.41. The fraction of sp³-hybridized carbons (Fsp3) is 0.0667. The highest BCUT2D eigenvalue weighted by Crippen LogP contribution is 2.18. The van der Waals surface area contributed by atoms with Crippen LogP contribution in [0.1, 0.15) is 0 Å². The zero-order valence-electron chi connectivity index (χ0n) is 11.2. The lowest BCUT2D eigenvalue weighted by Crippen LogP contribution is -2.37. The van der Waals surface area contributed by atoms with Gasteiger partial charge in [0.2, 0.25) is 0 Å². The van der Waals surface area contributed by atoms with E-state index < -0.39 is 11.8 Å². The molecule has 2 aromatic rings. The van der Waals surface area contributed by atoms with E-state index in [1.54, 1.807) is 36.4 Å². The molecule has 2 N–H and O–H groups in total. The highest BCUT2D eigenvalue weighted by molar-refractivity contribution is 9.10. The van der Waals surface area contributed by atoms with E-state index in [0.717, 1.165) is 4.47 Å². The van der Waals surface area contributed by atoms with Crippen molar-refractivity contribution in [2.75, 3.05) is 17.3 Å². The summed E-state index contributed by atoms with van der Waals surface area (Å²) in [5, 5.41) is 11.7. The molecular formula is C15H13BrN2O3. The van der Waals surface area contributed by atoms with Crippen molar-refractivity contribution >= 4 is 39.1 Å². The van der Waals surface area contributed by atoms with Gasteiger partial charge in [0, 0.05) is 22.9 Å². The van der Waals surface area contributed by atoms with Crippen LogP contribution in [0.4, 0.5) is 11.4 Å². The topological polar surface area (TPSA) is 69.6 Å². The van der Waals surface area contributed by atoms with E-state index in [1.807, 2.05) is 0 Å². The van der Waals surface area contributed by atoms with Crippen molar-refractivity contribution in [2.24, 2.45) is 0 Å². The van der Waals surface area contributed by atoms with E-state index in [9.17, 15) is 14.7 Å². The van der Waals surface area contributed by atoms with E-state index >= 15 is 0 Å². The van der Waals surface area contributed by atoms with Gasteiger partial charge in [0.05, 0.1) is 0 Å². The lowest BCUT2D eigenvalue weighted by Gasteiger charge is -2.16. The van der Waals surface area contributed by atoms with Crippen molar-refractivity contribution in [3.05, 3.63) is 53.0 Å². The van der Waals surface area contributed by atoms with Crippen LogP contribution in [0.3, 0.4) is 0 Å². The quantitative estimate of drug-likeness (QED) is 0.820. The van der Waals surface area contributed by atoms with Crippen molar-refractivity contribution in [1.29, 1.82) is 0 Å². The van der Waals surface area contributed by atoms with Gasteiger partial charge in [-0.15, -0.1) is 0 Å². The minimum atomic E-state index is -0.729. The molecule has 0 spiro atoms. The zero-order valence-corrected chi connectivity index (χ0v) is 12.8. The molecule has 0 unspecified atom stereocenters. The van der Waals surface area contributed by atoms with Crippen LogP contribution in [-0.4, -0.2) is 24.0 Å². The smallest absolute Gasteiger partial charge is 0.316 e. The predicted octanol–water partition coefficient (Wildman–Crippen LogP) is 2.76. The molecule has 0 aromatic heterocycles. The van der Waals surface area contributed by atoms with Gasteiger partial charge in [0.1, 0.15) is 5.75 Å². The number of aromatic hydroxyl groups is 1. The first-order chi connectivity index (χ1) is 9.97. The molecule has 0 aliphatic heterocycles. The fourth-order valence-corrected chi connectivity index (χ4v) is 1.93. The monoisotopic (exact) mass is 348 g/mol. The van der Waals surface area contributed by atoms with Crippen molar-refractivity contribution in [2.45, 2.75) is 0 Å². The van der Waals surface area contributed by atoms with Crippen LogP contribution < -0.4 is 10.2 Å². The predicted molar refractivity (Wildman–Crippen MR) is 84.3 cm³/mol. The number of carbonyl (C=O) groups excluding carboxylic acids is 2. The third kappa shape index (κ3) is 3.82. The largest absolute Gasteiger partial charge is 0.508 e. The maximum absolute atomic E-state index is 12.0. The van der Waals surface area contributed by atoms with Gasteiger partial charge in [-0.25, -0.2) is 0 Å². The molecule has 0 heterocycles. The summed E-state index contributed by atoms with van der Waals surface area (Å²) in [5.41, 5.74) is 1.06. The van der Waals surface area contributed by atoms with E-state index in [0.29, 0.717) is 11.4 Å². The van der Waals surface area contributed by atoms with E-state index in [1.165, 1.54) is 24.1 Å². The average Bonchev–Trinajstić information content (AvgIpc) is 2.49. The lowest BCUT2D eigenvalue weighted by molar-refractivity contribution is -0.134. The number of nitrogens with zero attached hydrogens (tertiary/aromatic N) is 1. The number of anilines is 2. The van der Waals surface area contributed by atoms with Gasteiger partial charge in [0.25, 0.3) is 0 Å². The molecule has 0 atom stereocenters. The van der Waals surface area contributed by atoms with E-state index in [2.05, 4.69) is 21.2 Å². The Balaban J connectivity index is 2.06. The molecule has 5 nitrogen and oxygen atoms in total. The Morgan fingerprint density at radius 2 is 1.62 bits per heavy atom. The highest BCUT2D eigenvalue weighted by Gasteiger charge is 2.20. The summed E-state index contributed by atoms with van der Waals surface area (Å²) >= 11 is 3.29. The molecule has 0 radical (unpaired) electrons. The van der Waals surface area contributed by atoms with Crippen LogP contribution in [0, 0.1) is 0 Å². The zero-order chi connectivity index (χ0) is 15.4. The molecule has 6 heteroatoms. The van der Waals surface area contributed by atoms with Gasteiger partial charge in [-0.3, -0.25) is 9.59 Å². The Morgan fingerprint density at radius 3 is 2.19 bits per heavy atom. The summed E-state index contributed by atoms with van der Waals surface area (Å²) in [6.45, 7) is 0. The molecule has 2 aromatic carbocycles. The summed E-state index contributed by atoms with van der Waals surface area (Å²) in [6, 6.07) is 12.9.